The van der Waals surface area contributed by atoms with Gasteiger partial charge >= 0.3 is 5.97 Å². The summed E-state index contributed by atoms with van der Waals surface area (Å²) >= 11 is 0. The number of fused-ring (bicyclic) bond motifs is 1. The van der Waals surface area contributed by atoms with Gasteiger partial charge in [0.15, 0.2) is 11.5 Å². The first-order valence-electron chi connectivity index (χ1n) is 10.5. The monoisotopic (exact) mass is 448 g/mol. The van der Waals surface area contributed by atoms with Crippen LogP contribution in [0.1, 0.15) is 27.2 Å². The van der Waals surface area contributed by atoms with E-state index in [0.717, 1.165) is 16.5 Å². The van der Waals surface area contributed by atoms with Gasteiger partial charge in [-0.3, -0.25) is 0 Å². The molecule has 0 aliphatic carbocycles. The van der Waals surface area contributed by atoms with E-state index in [0.29, 0.717) is 35.7 Å². The number of nitrogens with zero attached hydrogens (tertiary/aromatic N) is 1. The van der Waals surface area contributed by atoms with Crippen LogP contribution in [0.25, 0.3) is 10.9 Å². The van der Waals surface area contributed by atoms with Crippen molar-refractivity contribution in [3.05, 3.63) is 94.9 Å². The van der Waals surface area contributed by atoms with Crippen LogP contribution < -0.4 is 14.8 Å². The molecule has 33 heavy (non-hydrogen) atoms. The van der Waals surface area contributed by atoms with Gasteiger partial charge in [-0.05, 0) is 18.2 Å². The van der Waals surface area contributed by atoms with E-state index in [-0.39, 0.29) is 18.1 Å². The molecule has 0 fully saturated rings. The molecule has 0 amide bonds. The SMILES string of the molecule is COc1cccc(CNCc2c(C(=O)O)n(Cc3ccccc3F)c3ccccc23)c1OC. The molecular weight excluding hydrogens is 423 g/mol. The molecule has 0 aliphatic rings. The molecule has 170 valence electrons. The predicted octanol–water partition coefficient (Wildman–Crippen LogP) is 4.83. The summed E-state index contributed by atoms with van der Waals surface area (Å²) < 4.78 is 26.8. The number of methoxy groups -OCH3 is 2. The zero-order valence-corrected chi connectivity index (χ0v) is 18.5. The van der Waals surface area contributed by atoms with E-state index in [1.807, 2.05) is 42.5 Å². The first kappa shape index (κ1) is 22.4. The lowest BCUT2D eigenvalue weighted by atomic mass is 10.1. The van der Waals surface area contributed by atoms with Crippen molar-refractivity contribution in [3.8, 4) is 11.5 Å². The largest absolute Gasteiger partial charge is 0.493 e. The van der Waals surface area contributed by atoms with Gasteiger partial charge in [-0.25, -0.2) is 9.18 Å². The maximum absolute atomic E-state index is 14.3. The van der Waals surface area contributed by atoms with Gasteiger partial charge in [-0.1, -0.05) is 48.5 Å². The number of carboxylic acid groups (broad SMARTS) is 1. The number of aromatic carboxylic acids is 1. The molecule has 0 saturated heterocycles. The summed E-state index contributed by atoms with van der Waals surface area (Å²) in [6.07, 6.45) is 0. The van der Waals surface area contributed by atoms with Crippen molar-refractivity contribution >= 4 is 16.9 Å². The van der Waals surface area contributed by atoms with Gasteiger partial charge in [-0.2, -0.15) is 0 Å². The molecule has 6 nitrogen and oxygen atoms in total. The van der Waals surface area contributed by atoms with E-state index in [9.17, 15) is 14.3 Å². The molecule has 0 spiro atoms. The minimum absolute atomic E-state index is 0.124. The molecule has 0 unspecified atom stereocenters. The van der Waals surface area contributed by atoms with Crippen LogP contribution in [-0.2, 0) is 19.6 Å². The van der Waals surface area contributed by atoms with Crippen LogP contribution in [0.15, 0.2) is 66.7 Å². The molecule has 0 atom stereocenters. The number of rotatable bonds is 9. The lowest BCUT2D eigenvalue weighted by molar-refractivity contribution is 0.0684. The van der Waals surface area contributed by atoms with Crippen molar-refractivity contribution in [2.75, 3.05) is 14.2 Å². The summed E-state index contributed by atoms with van der Waals surface area (Å²) in [5, 5.41) is 14.2. The van der Waals surface area contributed by atoms with Gasteiger partial charge in [0, 0.05) is 40.7 Å². The van der Waals surface area contributed by atoms with Gasteiger partial charge in [0.2, 0.25) is 0 Å². The van der Waals surface area contributed by atoms with Crippen molar-refractivity contribution in [3.63, 3.8) is 0 Å². The Labute approximate surface area is 191 Å². The quantitative estimate of drug-likeness (QED) is 0.384. The standard InChI is InChI=1S/C26H25FN2O4/c1-32-23-13-7-9-17(25(23)33-2)14-28-15-20-19-10-4-6-12-22(19)29(24(20)26(30)31)16-18-8-3-5-11-21(18)27/h3-13,28H,14-16H2,1-2H3,(H,30,31). The van der Waals surface area contributed by atoms with E-state index in [1.54, 1.807) is 37.0 Å². The third kappa shape index (κ3) is 4.40. The first-order chi connectivity index (χ1) is 16.0. The third-order valence-corrected chi connectivity index (χ3v) is 5.67. The molecule has 1 aromatic heterocycles. The summed E-state index contributed by atoms with van der Waals surface area (Å²) in [4.78, 5) is 12.3. The lowest BCUT2D eigenvalue weighted by Crippen LogP contribution is -2.18. The molecule has 4 rings (SSSR count). The Morgan fingerprint density at radius 1 is 0.939 bits per heavy atom. The molecule has 2 N–H and O–H groups in total. The highest BCUT2D eigenvalue weighted by Crippen LogP contribution is 2.31. The van der Waals surface area contributed by atoms with Gasteiger partial charge in [0.1, 0.15) is 11.5 Å². The Hall–Kier alpha value is -3.84. The zero-order chi connectivity index (χ0) is 23.4. The number of halogens is 1. The highest BCUT2D eigenvalue weighted by molar-refractivity contribution is 5.98. The Morgan fingerprint density at radius 2 is 1.67 bits per heavy atom. The minimum atomic E-state index is -1.06. The van der Waals surface area contributed by atoms with Crippen LogP contribution in [0.2, 0.25) is 0 Å². The number of hydrogen-bond acceptors (Lipinski definition) is 4. The number of ether oxygens (including phenoxy) is 2. The Bertz CT molecular complexity index is 1300. The molecule has 7 heteroatoms. The highest BCUT2D eigenvalue weighted by atomic mass is 19.1. The number of carboxylic acids is 1. The maximum Gasteiger partial charge on any atom is 0.352 e. The van der Waals surface area contributed by atoms with E-state index < -0.39 is 5.97 Å². The second kappa shape index (κ2) is 9.75. The van der Waals surface area contributed by atoms with Crippen LogP contribution >= 0.6 is 0 Å². The summed E-state index contributed by atoms with van der Waals surface area (Å²) in [6.45, 7) is 0.886. The number of carbonyl (C=O) groups is 1. The molecule has 3 aromatic carbocycles. The third-order valence-electron chi connectivity index (χ3n) is 5.67. The Kier molecular flexibility index (Phi) is 6.60. The van der Waals surface area contributed by atoms with Crippen molar-refractivity contribution in [2.24, 2.45) is 0 Å². The van der Waals surface area contributed by atoms with Crippen LogP contribution in [0.5, 0.6) is 11.5 Å². The Morgan fingerprint density at radius 3 is 2.39 bits per heavy atom. The molecule has 0 aliphatic heterocycles. The lowest BCUT2D eigenvalue weighted by Gasteiger charge is -2.13. The Balaban J connectivity index is 1.69. The summed E-state index contributed by atoms with van der Waals surface area (Å²) in [7, 11) is 3.17. The van der Waals surface area contributed by atoms with E-state index >= 15 is 0 Å². The fraction of sp³-hybridized carbons (Fsp3) is 0.192. The minimum Gasteiger partial charge on any atom is -0.493 e. The molecule has 1 heterocycles. The number of aromatic nitrogens is 1. The smallest absolute Gasteiger partial charge is 0.352 e. The molecule has 0 bridgehead atoms. The van der Waals surface area contributed by atoms with Gasteiger partial charge in [0.25, 0.3) is 0 Å². The highest BCUT2D eigenvalue weighted by Gasteiger charge is 2.23. The first-order valence-corrected chi connectivity index (χ1v) is 10.5. The second-order valence-corrected chi connectivity index (χ2v) is 7.58. The maximum atomic E-state index is 14.3. The second-order valence-electron chi connectivity index (χ2n) is 7.58. The van der Waals surface area contributed by atoms with E-state index in [2.05, 4.69) is 5.32 Å². The molecular formula is C26H25FN2O4. The topological polar surface area (TPSA) is 72.7 Å². The summed E-state index contributed by atoms with van der Waals surface area (Å²) in [6, 6.07) is 19.5. The van der Waals surface area contributed by atoms with Crippen LogP contribution in [0, 0.1) is 5.82 Å². The van der Waals surface area contributed by atoms with Crippen LogP contribution in [0.3, 0.4) is 0 Å². The van der Waals surface area contributed by atoms with Gasteiger partial charge < -0.3 is 24.5 Å². The average molecular weight is 448 g/mol. The molecule has 4 aromatic rings. The van der Waals surface area contributed by atoms with Crippen molar-refractivity contribution < 1.29 is 23.8 Å². The van der Waals surface area contributed by atoms with E-state index in [1.165, 1.54) is 6.07 Å². The summed E-state index contributed by atoms with van der Waals surface area (Å²) in [5.74, 6) is -0.160. The fourth-order valence-electron chi connectivity index (χ4n) is 4.17. The van der Waals surface area contributed by atoms with Crippen molar-refractivity contribution in [1.29, 1.82) is 0 Å². The van der Waals surface area contributed by atoms with Crippen molar-refractivity contribution in [2.45, 2.75) is 19.6 Å². The van der Waals surface area contributed by atoms with Gasteiger partial charge in [-0.15, -0.1) is 0 Å². The zero-order valence-electron chi connectivity index (χ0n) is 18.5. The predicted molar refractivity (Wildman–Crippen MR) is 124 cm³/mol. The van der Waals surface area contributed by atoms with Gasteiger partial charge in [0.05, 0.1) is 20.8 Å². The number of hydrogen-bond donors (Lipinski definition) is 2. The fourth-order valence-corrected chi connectivity index (χ4v) is 4.17. The van der Waals surface area contributed by atoms with Crippen molar-refractivity contribution in [1.82, 2.24) is 9.88 Å². The summed E-state index contributed by atoms with van der Waals surface area (Å²) in [5.41, 5.74) is 2.86. The molecule has 0 saturated carbocycles. The number of benzene rings is 3. The normalized spacial score (nSPS) is 11.0. The van der Waals surface area contributed by atoms with E-state index in [4.69, 9.17) is 9.47 Å². The number of para-hydroxylation sites is 2. The van der Waals surface area contributed by atoms with Crippen LogP contribution in [0.4, 0.5) is 4.39 Å². The average Bonchev–Trinajstić information content (AvgIpc) is 3.14. The molecule has 0 radical (unpaired) electrons. The van der Waals surface area contributed by atoms with Crippen LogP contribution in [-0.4, -0.2) is 29.9 Å². The number of nitrogens with one attached hydrogen (secondary N) is 1.